The van der Waals surface area contributed by atoms with Crippen LogP contribution in [0.1, 0.15) is 35.5 Å². The van der Waals surface area contributed by atoms with Crippen molar-refractivity contribution in [2.24, 2.45) is 0 Å². The van der Waals surface area contributed by atoms with Crippen molar-refractivity contribution < 1.29 is 0 Å². The summed E-state index contributed by atoms with van der Waals surface area (Å²) < 4.78 is 0. The third-order valence-electron chi connectivity index (χ3n) is 2.01. The zero-order valence-corrected chi connectivity index (χ0v) is 8.96. The van der Waals surface area contributed by atoms with E-state index in [2.05, 4.69) is 31.1 Å². The second-order valence-corrected chi connectivity index (χ2v) is 4.04. The zero-order valence-electron chi connectivity index (χ0n) is 8.14. The summed E-state index contributed by atoms with van der Waals surface area (Å²) in [6.07, 6.45) is 1.04. The van der Waals surface area contributed by atoms with Crippen LogP contribution in [0.2, 0.25) is 0 Å². The number of rotatable bonds is 3. The molecule has 1 aromatic rings. The van der Waals surface area contributed by atoms with Gasteiger partial charge in [0.1, 0.15) is 0 Å². The third-order valence-corrected chi connectivity index (χ3v) is 3.49. The van der Waals surface area contributed by atoms with Crippen molar-refractivity contribution in [2.45, 2.75) is 33.2 Å². The molecule has 1 rings (SSSR count). The largest absolute Gasteiger partial charge is 0.312 e. The first-order chi connectivity index (χ1) is 5.69. The maximum Gasteiger partial charge on any atom is 0.0928 e. The van der Waals surface area contributed by atoms with E-state index in [0.29, 0.717) is 6.04 Å². The van der Waals surface area contributed by atoms with E-state index >= 15 is 0 Å². The minimum Gasteiger partial charge on any atom is -0.312 e. The highest BCUT2D eigenvalue weighted by Gasteiger charge is 2.11. The van der Waals surface area contributed by atoms with Gasteiger partial charge in [0, 0.05) is 10.9 Å². The predicted octanol–water partition coefficient (Wildman–Crippen LogP) is 2.29. The fourth-order valence-corrected chi connectivity index (χ4v) is 2.22. The van der Waals surface area contributed by atoms with Crippen LogP contribution in [0.4, 0.5) is 0 Å². The van der Waals surface area contributed by atoms with E-state index in [1.807, 2.05) is 18.4 Å². The minimum atomic E-state index is 0.433. The molecule has 1 heterocycles. The maximum atomic E-state index is 4.48. The monoisotopic (exact) mass is 184 g/mol. The second kappa shape index (κ2) is 4.01. The molecule has 1 aromatic heterocycles. The number of hydrogen-bond donors (Lipinski definition) is 1. The van der Waals surface area contributed by atoms with Gasteiger partial charge in [0.25, 0.3) is 0 Å². The van der Waals surface area contributed by atoms with Crippen LogP contribution in [0.5, 0.6) is 0 Å². The Morgan fingerprint density at radius 2 is 2.25 bits per heavy atom. The lowest BCUT2D eigenvalue weighted by atomic mass is 10.2. The Morgan fingerprint density at radius 1 is 1.58 bits per heavy atom. The first-order valence-electron chi connectivity index (χ1n) is 4.32. The first-order valence-corrected chi connectivity index (χ1v) is 5.14. The lowest BCUT2D eigenvalue weighted by Gasteiger charge is -2.06. The standard InChI is InChI=1S/C9H16N2S/c1-5-8-11-7(3)9(12-8)6(2)10-4/h6,10H,5H2,1-4H3/t6-/m0/s1. The van der Waals surface area contributed by atoms with Gasteiger partial charge >= 0.3 is 0 Å². The van der Waals surface area contributed by atoms with Crippen LogP contribution in [0, 0.1) is 6.92 Å². The fourth-order valence-electron chi connectivity index (χ4n) is 1.15. The topological polar surface area (TPSA) is 24.9 Å². The SMILES string of the molecule is CCc1nc(C)c([C@H](C)NC)s1. The molecule has 1 atom stereocenters. The number of nitrogens with zero attached hydrogens (tertiary/aromatic N) is 1. The zero-order chi connectivity index (χ0) is 9.14. The van der Waals surface area contributed by atoms with Gasteiger partial charge in [-0.15, -0.1) is 11.3 Å². The van der Waals surface area contributed by atoms with Crippen molar-refractivity contribution in [3.8, 4) is 0 Å². The Bertz CT molecular complexity index is 255. The molecule has 12 heavy (non-hydrogen) atoms. The smallest absolute Gasteiger partial charge is 0.0928 e. The Balaban J connectivity index is 2.91. The molecule has 0 aromatic carbocycles. The van der Waals surface area contributed by atoms with Crippen LogP contribution in [0.25, 0.3) is 0 Å². The van der Waals surface area contributed by atoms with Crippen molar-refractivity contribution in [1.82, 2.24) is 10.3 Å². The molecule has 0 saturated carbocycles. The van der Waals surface area contributed by atoms with Crippen LogP contribution in [0.15, 0.2) is 0 Å². The van der Waals surface area contributed by atoms with E-state index < -0.39 is 0 Å². The van der Waals surface area contributed by atoms with Gasteiger partial charge in [-0.25, -0.2) is 4.98 Å². The van der Waals surface area contributed by atoms with E-state index in [4.69, 9.17) is 0 Å². The lowest BCUT2D eigenvalue weighted by molar-refractivity contribution is 0.658. The normalized spacial score (nSPS) is 13.3. The van der Waals surface area contributed by atoms with Crippen LogP contribution >= 0.6 is 11.3 Å². The summed E-state index contributed by atoms with van der Waals surface area (Å²) in [6.45, 7) is 6.39. The van der Waals surface area contributed by atoms with Crippen LogP contribution in [-0.4, -0.2) is 12.0 Å². The van der Waals surface area contributed by atoms with Crippen molar-refractivity contribution in [1.29, 1.82) is 0 Å². The molecule has 0 aliphatic rings. The summed E-state index contributed by atoms with van der Waals surface area (Å²) >= 11 is 1.82. The number of aryl methyl sites for hydroxylation is 2. The Labute approximate surface area is 78.0 Å². The van der Waals surface area contributed by atoms with Gasteiger partial charge in [-0.1, -0.05) is 6.92 Å². The number of hydrogen-bond acceptors (Lipinski definition) is 3. The molecule has 0 saturated heterocycles. The highest BCUT2D eigenvalue weighted by atomic mass is 32.1. The molecular weight excluding hydrogens is 168 g/mol. The van der Waals surface area contributed by atoms with Gasteiger partial charge in [0.15, 0.2) is 0 Å². The van der Waals surface area contributed by atoms with Gasteiger partial charge in [-0.3, -0.25) is 0 Å². The minimum absolute atomic E-state index is 0.433. The van der Waals surface area contributed by atoms with E-state index in [1.165, 1.54) is 15.6 Å². The number of thiazole rings is 1. The van der Waals surface area contributed by atoms with Crippen molar-refractivity contribution in [2.75, 3.05) is 7.05 Å². The third kappa shape index (κ3) is 1.84. The van der Waals surface area contributed by atoms with Crippen molar-refractivity contribution in [3.63, 3.8) is 0 Å². The molecule has 0 aliphatic heterocycles. The van der Waals surface area contributed by atoms with Crippen molar-refractivity contribution >= 4 is 11.3 Å². The highest BCUT2D eigenvalue weighted by Crippen LogP contribution is 2.24. The van der Waals surface area contributed by atoms with Crippen molar-refractivity contribution in [3.05, 3.63) is 15.6 Å². The maximum absolute atomic E-state index is 4.48. The average Bonchev–Trinajstić information content (AvgIpc) is 2.45. The van der Waals surface area contributed by atoms with E-state index in [0.717, 1.165) is 6.42 Å². The summed E-state index contributed by atoms with van der Waals surface area (Å²) in [4.78, 5) is 5.85. The molecule has 0 radical (unpaired) electrons. The molecule has 0 amide bonds. The molecule has 0 spiro atoms. The van der Waals surface area contributed by atoms with E-state index in [9.17, 15) is 0 Å². The van der Waals surface area contributed by atoms with Crippen LogP contribution in [-0.2, 0) is 6.42 Å². The summed E-state index contributed by atoms with van der Waals surface area (Å²) in [6, 6.07) is 0.433. The highest BCUT2D eigenvalue weighted by molar-refractivity contribution is 7.11. The molecule has 0 unspecified atom stereocenters. The predicted molar refractivity (Wildman–Crippen MR) is 53.7 cm³/mol. The first kappa shape index (κ1) is 9.68. The molecule has 3 heteroatoms. The molecule has 68 valence electrons. The fraction of sp³-hybridized carbons (Fsp3) is 0.667. The van der Waals surface area contributed by atoms with E-state index in [-0.39, 0.29) is 0 Å². The number of nitrogens with one attached hydrogen (secondary N) is 1. The molecular formula is C9H16N2S. The van der Waals surface area contributed by atoms with Gasteiger partial charge in [-0.2, -0.15) is 0 Å². The average molecular weight is 184 g/mol. The summed E-state index contributed by atoms with van der Waals surface area (Å²) in [5.74, 6) is 0. The number of aromatic nitrogens is 1. The molecule has 1 N–H and O–H groups in total. The summed E-state index contributed by atoms with van der Waals surface area (Å²) in [7, 11) is 1.98. The quantitative estimate of drug-likeness (QED) is 0.779. The summed E-state index contributed by atoms with van der Waals surface area (Å²) in [5, 5.41) is 4.47. The molecule has 0 bridgehead atoms. The van der Waals surface area contributed by atoms with Gasteiger partial charge in [0.2, 0.25) is 0 Å². The molecule has 0 fully saturated rings. The van der Waals surface area contributed by atoms with Gasteiger partial charge in [-0.05, 0) is 27.3 Å². The second-order valence-electron chi connectivity index (χ2n) is 2.92. The Hall–Kier alpha value is -0.410. The Kier molecular flexibility index (Phi) is 3.23. The molecule has 0 aliphatic carbocycles. The van der Waals surface area contributed by atoms with Gasteiger partial charge in [0.05, 0.1) is 10.7 Å². The lowest BCUT2D eigenvalue weighted by Crippen LogP contribution is -2.11. The van der Waals surface area contributed by atoms with Crippen LogP contribution < -0.4 is 5.32 Å². The van der Waals surface area contributed by atoms with E-state index in [1.54, 1.807) is 0 Å². The van der Waals surface area contributed by atoms with Gasteiger partial charge < -0.3 is 5.32 Å². The molecule has 2 nitrogen and oxygen atoms in total. The Morgan fingerprint density at radius 3 is 2.67 bits per heavy atom. The summed E-state index contributed by atoms with van der Waals surface area (Å²) in [5.41, 5.74) is 1.18. The van der Waals surface area contributed by atoms with Crippen LogP contribution in [0.3, 0.4) is 0 Å².